The zero-order valence-corrected chi connectivity index (χ0v) is 16.6. The Morgan fingerprint density at radius 2 is 1.81 bits per heavy atom. The first-order chi connectivity index (χ1) is 13.0. The lowest BCUT2D eigenvalue weighted by Crippen LogP contribution is -2.27. The van der Waals surface area contributed by atoms with Crippen LogP contribution in [0.1, 0.15) is 42.1 Å². The minimum absolute atomic E-state index is 0.0963. The van der Waals surface area contributed by atoms with Gasteiger partial charge in [0.05, 0.1) is 11.5 Å². The summed E-state index contributed by atoms with van der Waals surface area (Å²) in [6.07, 6.45) is 2.00. The molecule has 0 saturated carbocycles. The quantitative estimate of drug-likeness (QED) is 0.660. The van der Waals surface area contributed by atoms with Crippen molar-refractivity contribution in [1.29, 1.82) is 0 Å². The van der Waals surface area contributed by atoms with E-state index >= 15 is 0 Å². The van der Waals surface area contributed by atoms with Crippen molar-refractivity contribution in [2.45, 2.75) is 50.4 Å². The molecule has 1 saturated heterocycles. The summed E-state index contributed by atoms with van der Waals surface area (Å²) in [7, 11) is -3.85. The number of aryl methyl sites for hydroxylation is 2. The van der Waals surface area contributed by atoms with Crippen LogP contribution in [0.4, 0.5) is 0 Å². The zero-order chi connectivity index (χ0) is 19.3. The third-order valence-electron chi connectivity index (χ3n) is 4.67. The summed E-state index contributed by atoms with van der Waals surface area (Å²) >= 11 is 0. The second-order valence-corrected chi connectivity index (χ2v) is 8.44. The molecule has 5 nitrogen and oxygen atoms in total. The molecule has 0 spiro atoms. The monoisotopic (exact) mass is 390 g/mol. The average Bonchev–Trinajstić information content (AvgIpc) is 2.67. The molecule has 0 amide bonds. The summed E-state index contributed by atoms with van der Waals surface area (Å²) in [4.78, 5) is 0.144. The molecule has 146 valence electrons. The Hall–Kier alpha value is -1.73. The summed E-state index contributed by atoms with van der Waals surface area (Å²) in [5.41, 5.74) is 2.92. The number of ether oxygens (including phenoxy) is 2. The van der Waals surface area contributed by atoms with Crippen molar-refractivity contribution in [1.82, 2.24) is 0 Å². The fourth-order valence-electron chi connectivity index (χ4n) is 3.08. The summed E-state index contributed by atoms with van der Waals surface area (Å²) in [6, 6.07) is 14.4. The van der Waals surface area contributed by atoms with Gasteiger partial charge in [-0.05, 0) is 56.4 Å². The molecule has 0 aliphatic carbocycles. The normalized spacial score (nSPS) is 19.0. The minimum atomic E-state index is -3.85. The van der Waals surface area contributed by atoms with Gasteiger partial charge < -0.3 is 9.47 Å². The molecule has 2 atom stereocenters. The Bertz CT molecular complexity index is 839. The van der Waals surface area contributed by atoms with E-state index in [2.05, 4.69) is 0 Å². The van der Waals surface area contributed by atoms with Gasteiger partial charge in [-0.25, -0.2) is 0 Å². The van der Waals surface area contributed by atoms with E-state index < -0.39 is 16.2 Å². The third-order valence-corrected chi connectivity index (χ3v) is 5.97. The molecule has 6 heteroatoms. The lowest BCUT2D eigenvalue weighted by molar-refractivity contribution is -0.195. The standard InChI is InChI=1S/C21H26O5S/c1-16-10-12-18(13-11-16)27(22,23)25-15-20(19-8-4-3-7-17(19)2)26-21-9-5-6-14-24-21/h3-4,7-8,10-13,20-21H,5-6,9,14-15H2,1-2H3. The van der Waals surface area contributed by atoms with Crippen molar-refractivity contribution in [2.24, 2.45) is 0 Å². The molecule has 0 bridgehead atoms. The van der Waals surface area contributed by atoms with Crippen molar-refractivity contribution in [3.8, 4) is 0 Å². The first-order valence-corrected chi connectivity index (χ1v) is 10.7. The smallest absolute Gasteiger partial charge is 0.297 e. The van der Waals surface area contributed by atoms with E-state index in [4.69, 9.17) is 13.7 Å². The van der Waals surface area contributed by atoms with Crippen LogP contribution in [0.2, 0.25) is 0 Å². The molecule has 27 heavy (non-hydrogen) atoms. The van der Waals surface area contributed by atoms with Gasteiger partial charge in [-0.2, -0.15) is 8.42 Å². The van der Waals surface area contributed by atoms with Gasteiger partial charge in [0.25, 0.3) is 10.1 Å². The van der Waals surface area contributed by atoms with E-state index in [-0.39, 0.29) is 17.8 Å². The Morgan fingerprint density at radius 1 is 1.07 bits per heavy atom. The van der Waals surface area contributed by atoms with E-state index in [9.17, 15) is 8.42 Å². The molecule has 1 heterocycles. The SMILES string of the molecule is Cc1ccc(S(=O)(=O)OCC(OC2CCCCO2)c2ccccc2C)cc1. The largest absolute Gasteiger partial charge is 0.353 e. The maximum atomic E-state index is 12.5. The van der Waals surface area contributed by atoms with Gasteiger partial charge in [-0.15, -0.1) is 0 Å². The van der Waals surface area contributed by atoms with Crippen LogP contribution in [-0.2, 0) is 23.8 Å². The van der Waals surface area contributed by atoms with Crippen molar-refractivity contribution in [2.75, 3.05) is 13.2 Å². The molecule has 0 aromatic heterocycles. The average molecular weight is 391 g/mol. The highest BCUT2D eigenvalue weighted by molar-refractivity contribution is 7.86. The number of benzene rings is 2. The minimum Gasteiger partial charge on any atom is -0.353 e. The van der Waals surface area contributed by atoms with Crippen LogP contribution in [0.25, 0.3) is 0 Å². The molecule has 0 N–H and O–H groups in total. The van der Waals surface area contributed by atoms with Crippen LogP contribution in [0.15, 0.2) is 53.4 Å². The zero-order valence-electron chi connectivity index (χ0n) is 15.8. The van der Waals surface area contributed by atoms with Crippen LogP contribution in [0.5, 0.6) is 0 Å². The highest BCUT2D eigenvalue weighted by Crippen LogP contribution is 2.27. The van der Waals surface area contributed by atoms with E-state index in [1.54, 1.807) is 24.3 Å². The first-order valence-electron chi connectivity index (χ1n) is 9.24. The van der Waals surface area contributed by atoms with Gasteiger partial charge in [-0.1, -0.05) is 42.0 Å². The Labute approximate surface area is 161 Å². The topological polar surface area (TPSA) is 61.8 Å². The Morgan fingerprint density at radius 3 is 2.48 bits per heavy atom. The third kappa shape index (κ3) is 5.39. The lowest BCUT2D eigenvalue weighted by Gasteiger charge is -2.28. The molecular weight excluding hydrogens is 364 g/mol. The van der Waals surface area contributed by atoms with Gasteiger partial charge in [-0.3, -0.25) is 4.18 Å². The van der Waals surface area contributed by atoms with Crippen LogP contribution < -0.4 is 0 Å². The van der Waals surface area contributed by atoms with Gasteiger partial charge in [0.15, 0.2) is 6.29 Å². The fourth-order valence-corrected chi connectivity index (χ4v) is 3.98. The van der Waals surface area contributed by atoms with Crippen LogP contribution in [-0.4, -0.2) is 27.9 Å². The van der Waals surface area contributed by atoms with Gasteiger partial charge in [0.1, 0.15) is 6.10 Å². The molecule has 1 aliphatic rings. The molecule has 0 radical (unpaired) electrons. The number of hydrogen-bond acceptors (Lipinski definition) is 5. The highest BCUT2D eigenvalue weighted by atomic mass is 32.2. The molecule has 3 rings (SSSR count). The predicted octanol–water partition coefficient (Wildman–Crippen LogP) is 4.29. The Kier molecular flexibility index (Phi) is 6.65. The van der Waals surface area contributed by atoms with Gasteiger partial charge in [0, 0.05) is 6.61 Å². The second-order valence-electron chi connectivity index (χ2n) is 6.83. The molecule has 1 aliphatic heterocycles. The lowest BCUT2D eigenvalue weighted by atomic mass is 10.0. The molecule has 2 unspecified atom stereocenters. The second kappa shape index (κ2) is 8.97. The summed E-state index contributed by atoms with van der Waals surface area (Å²) in [5, 5.41) is 0. The summed E-state index contributed by atoms with van der Waals surface area (Å²) in [5.74, 6) is 0. The maximum Gasteiger partial charge on any atom is 0.297 e. The molecular formula is C21H26O5S. The fraction of sp³-hybridized carbons (Fsp3) is 0.429. The first kappa shape index (κ1) is 20.0. The van der Waals surface area contributed by atoms with Crippen molar-refractivity contribution in [3.05, 3.63) is 65.2 Å². The molecule has 2 aromatic carbocycles. The van der Waals surface area contributed by atoms with Gasteiger partial charge >= 0.3 is 0 Å². The number of hydrogen-bond donors (Lipinski definition) is 0. The summed E-state index contributed by atoms with van der Waals surface area (Å²) < 4.78 is 42.2. The van der Waals surface area contributed by atoms with E-state index in [1.165, 1.54) is 0 Å². The van der Waals surface area contributed by atoms with E-state index in [1.807, 2.05) is 38.1 Å². The molecule has 2 aromatic rings. The predicted molar refractivity (Wildman–Crippen MR) is 103 cm³/mol. The van der Waals surface area contributed by atoms with Crippen molar-refractivity contribution < 1.29 is 22.1 Å². The van der Waals surface area contributed by atoms with Crippen LogP contribution >= 0.6 is 0 Å². The van der Waals surface area contributed by atoms with E-state index in [0.29, 0.717) is 6.61 Å². The highest BCUT2D eigenvalue weighted by Gasteiger charge is 2.25. The Balaban J connectivity index is 1.76. The molecule has 1 fully saturated rings. The van der Waals surface area contributed by atoms with E-state index in [0.717, 1.165) is 36.0 Å². The van der Waals surface area contributed by atoms with Crippen LogP contribution in [0.3, 0.4) is 0 Å². The van der Waals surface area contributed by atoms with Crippen molar-refractivity contribution in [3.63, 3.8) is 0 Å². The number of rotatable bonds is 7. The maximum absolute atomic E-state index is 12.5. The van der Waals surface area contributed by atoms with Crippen molar-refractivity contribution >= 4 is 10.1 Å². The summed E-state index contributed by atoms with van der Waals surface area (Å²) in [6.45, 7) is 4.44. The van der Waals surface area contributed by atoms with Crippen LogP contribution in [0, 0.1) is 13.8 Å². The van der Waals surface area contributed by atoms with Gasteiger partial charge in [0.2, 0.25) is 0 Å².